The Balaban J connectivity index is 2.08. The van der Waals surface area contributed by atoms with Crippen LogP contribution in [0.4, 0.5) is 0 Å². The van der Waals surface area contributed by atoms with Crippen molar-refractivity contribution in [3.8, 4) is 5.69 Å². The number of methoxy groups -OCH3 is 1. The van der Waals surface area contributed by atoms with Gasteiger partial charge < -0.3 is 4.74 Å². The molecule has 1 aromatic heterocycles. The monoisotopic (exact) mass is 289 g/mol. The Hall–Kier alpha value is -1.76. The molecule has 6 heteroatoms. The summed E-state index contributed by atoms with van der Waals surface area (Å²) < 4.78 is 5.43. The first-order valence-corrected chi connectivity index (χ1v) is 7.04. The van der Waals surface area contributed by atoms with Gasteiger partial charge in [0, 0.05) is 7.11 Å². The van der Waals surface area contributed by atoms with Gasteiger partial charge >= 0.3 is 0 Å². The van der Waals surface area contributed by atoms with Crippen LogP contribution in [0.25, 0.3) is 5.69 Å². The van der Waals surface area contributed by atoms with Crippen molar-refractivity contribution in [2.45, 2.75) is 38.3 Å². The molecule has 3 N–H and O–H groups in total. The Morgan fingerprint density at radius 1 is 1.33 bits per heavy atom. The highest BCUT2D eigenvalue weighted by molar-refractivity contribution is 5.28. The second-order valence-electron chi connectivity index (χ2n) is 5.62. The molecule has 6 nitrogen and oxygen atoms in total. The van der Waals surface area contributed by atoms with Crippen LogP contribution in [0.15, 0.2) is 36.5 Å². The van der Waals surface area contributed by atoms with Crippen LogP contribution in [0.3, 0.4) is 0 Å². The van der Waals surface area contributed by atoms with Crippen LogP contribution in [0.5, 0.6) is 0 Å². The number of nitrogens with two attached hydrogens (primary N) is 1. The molecule has 0 saturated heterocycles. The topological polar surface area (TPSA) is 78.0 Å². The fourth-order valence-electron chi connectivity index (χ4n) is 2.03. The summed E-state index contributed by atoms with van der Waals surface area (Å²) in [5, 5.41) is 8.80. The first kappa shape index (κ1) is 15.6. The highest BCUT2D eigenvalue weighted by atomic mass is 16.5. The molecule has 114 valence electrons. The van der Waals surface area contributed by atoms with E-state index in [-0.39, 0.29) is 11.6 Å². The molecule has 1 aromatic carbocycles. The lowest BCUT2D eigenvalue weighted by Crippen LogP contribution is -2.31. The molecule has 0 amide bonds. The molecule has 0 aliphatic carbocycles. The molecule has 1 atom stereocenters. The molecule has 0 saturated carbocycles. The molecule has 2 aromatic rings. The van der Waals surface area contributed by atoms with Crippen LogP contribution in [0, 0.1) is 0 Å². The zero-order valence-corrected chi connectivity index (χ0v) is 12.8. The van der Waals surface area contributed by atoms with Crippen molar-refractivity contribution in [1.82, 2.24) is 20.4 Å². The summed E-state index contributed by atoms with van der Waals surface area (Å²) in [6.07, 6.45) is 3.44. The SMILES string of the molecule is COC(C)(C)CCC(NN)c1cnn(-c2ccccc2)n1. The molecule has 0 spiro atoms. The van der Waals surface area contributed by atoms with E-state index in [0.717, 1.165) is 24.2 Å². The molecule has 0 fully saturated rings. The van der Waals surface area contributed by atoms with Crippen LogP contribution in [0.2, 0.25) is 0 Å². The zero-order chi connectivity index (χ0) is 15.3. The molecule has 2 rings (SSSR count). The van der Waals surface area contributed by atoms with E-state index in [2.05, 4.69) is 29.5 Å². The van der Waals surface area contributed by atoms with Gasteiger partial charge in [0.25, 0.3) is 0 Å². The quantitative estimate of drug-likeness (QED) is 0.602. The number of hydrogen-bond acceptors (Lipinski definition) is 5. The summed E-state index contributed by atoms with van der Waals surface area (Å²) in [7, 11) is 1.72. The van der Waals surface area contributed by atoms with Crippen molar-refractivity contribution in [1.29, 1.82) is 0 Å². The average Bonchev–Trinajstić information content (AvgIpc) is 2.98. The third-order valence-electron chi connectivity index (χ3n) is 3.64. The molecular formula is C15H23N5O. The lowest BCUT2D eigenvalue weighted by atomic mass is 9.98. The number of nitrogens with one attached hydrogen (secondary N) is 1. The summed E-state index contributed by atoms with van der Waals surface area (Å²) in [6, 6.07) is 9.75. The molecule has 0 aliphatic rings. The van der Waals surface area contributed by atoms with E-state index < -0.39 is 0 Å². The first-order chi connectivity index (χ1) is 10.1. The van der Waals surface area contributed by atoms with Crippen molar-refractivity contribution in [3.63, 3.8) is 0 Å². The maximum atomic E-state index is 5.66. The Bertz CT molecular complexity index is 552. The van der Waals surface area contributed by atoms with Crippen molar-refractivity contribution in [3.05, 3.63) is 42.2 Å². The fraction of sp³-hybridized carbons (Fsp3) is 0.467. The predicted octanol–water partition coefficient (Wildman–Crippen LogP) is 1.98. The van der Waals surface area contributed by atoms with Gasteiger partial charge in [-0.05, 0) is 38.8 Å². The minimum Gasteiger partial charge on any atom is -0.379 e. The molecule has 1 heterocycles. The van der Waals surface area contributed by atoms with E-state index >= 15 is 0 Å². The third-order valence-corrected chi connectivity index (χ3v) is 3.64. The van der Waals surface area contributed by atoms with Gasteiger partial charge in [-0.2, -0.15) is 15.0 Å². The number of nitrogens with zero attached hydrogens (tertiary/aromatic N) is 3. The number of para-hydroxylation sites is 1. The van der Waals surface area contributed by atoms with Crippen LogP contribution < -0.4 is 11.3 Å². The van der Waals surface area contributed by atoms with E-state index in [4.69, 9.17) is 10.6 Å². The van der Waals surface area contributed by atoms with Gasteiger partial charge in [-0.3, -0.25) is 11.3 Å². The second-order valence-corrected chi connectivity index (χ2v) is 5.62. The summed E-state index contributed by atoms with van der Waals surface area (Å²) in [5.41, 5.74) is 4.39. The Morgan fingerprint density at radius 2 is 2.05 bits per heavy atom. The minimum atomic E-state index is -0.176. The molecule has 0 aliphatic heterocycles. The fourth-order valence-corrected chi connectivity index (χ4v) is 2.03. The molecule has 1 unspecified atom stereocenters. The zero-order valence-electron chi connectivity index (χ0n) is 12.8. The van der Waals surface area contributed by atoms with Gasteiger partial charge in [0.05, 0.1) is 23.5 Å². The largest absolute Gasteiger partial charge is 0.379 e. The number of benzene rings is 1. The average molecular weight is 289 g/mol. The summed E-state index contributed by atoms with van der Waals surface area (Å²) >= 11 is 0. The first-order valence-electron chi connectivity index (χ1n) is 7.04. The second kappa shape index (κ2) is 6.80. The number of hydrogen-bond donors (Lipinski definition) is 2. The van der Waals surface area contributed by atoms with E-state index in [0.29, 0.717) is 0 Å². The van der Waals surface area contributed by atoms with Gasteiger partial charge in [0.1, 0.15) is 5.69 Å². The normalized spacial score (nSPS) is 13.3. The van der Waals surface area contributed by atoms with Crippen LogP contribution in [0.1, 0.15) is 38.4 Å². The van der Waals surface area contributed by atoms with E-state index in [9.17, 15) is 0 Å². The highest BCUT2D eigenvalue weighted by Crippen LogP contribution is 2.23. The van der Waals surface area contributed by atoms with Crippen LogP contribution in [-0.2, 0) is 4.74 Å². The van der Waals surface area contributed by atoms with Gasteiger partial charge in [0.15, 0.2) is 0 Å². The lowest BCUT2D eigenvalue weighted by molar-refractivity contribution is 0.0116. The minimum absolute atomic E-state index is 0.0445. The predicted molar refractivity (Wildman–Crippen MR) is 81.7 cm³/mol. The summed E-state index contributed by atoms with van der Waals surface area (Å²) in [6.45, 7) is 4.11. The standard InChI is InChI=1S/C15H23N5O/c1-15(2,21-3)10-9-13(18-16)14-11-17-20(19-14)12-7-5-4-6-8-12/h4-8,11,13,18H,9-10,16H2,1-3H3. The smallest absolute Gasteiger partial charge is 0.101 e. The maximum absolute atomic E-state index is 5.66. The highest BCUT2D eigenvalue weighted by Gasteiger charge is 2.21. The van der Waals surface area contributed by atoms with Crippen LogP contribution in [-0.4, -0.2) is 27.7 Å². The number of ether oxygens (including phenoxy) is 1. The number of aromatic nitrogens is 3. The van der Waals surface area contributed by atoms with E-state index in [1.807, 2.05) is 30.3 Å². The molecular weight excluding hydrogens is 266 g/mol. The van der Waals surface area contributed by atoms with Crippen molar-refractivity contribution >= 4 is 0 Å². The summed E-state index contributed by atoms with van der Waals surface area (Å²) in [5.74, 6) is 5.66. The number of hydrazine groups is 1. The van der Waals surface area contributed by atoms with Gasteiger partial charge in [0.2, 0.25) is 0 Å². The summed E-state index contributed by atoms with van der Waals surface area (Å²) in [4.78, 5) is 1.61. The van der Waals surface area contributed by atoms with Gasteiger partial charge in [-0.25, -0.2) is 0 Å². The molecule has 0 radical (unpaired) electrons. The van der Waals surface area contributed by atoms with Crippen molar-refractivity contribution < 1.29 is 4.74 Å². The van der Waals surface area contributed by atoms with E-state index in [1.54, 1.807) is 18.1 Å². The van der Waals surface area contributed by atoms with Crippen molar-refractivity contribution in [2.24, 2.45) is 5.84 Å². The van der Waals surface area contributed by atoms with Crippen molar-refractivity contribution in [2.75, 3.05) is 7.11 Å². The van der Waals surface area contributed by atoms with Crippen LogP contribution >= 0.6 is 0 Å². The molecule has 0 bridgehead atoms. The Labute approximate surface area is 125 Å². The maximum Gasteiger partial charge on any atom is 0.101 e. The molecule has 21 heavy (non-hydrogen) atoms. The third kappa shape index (κ3) is 4.10. The van der Waals surface area contributed by atoms with E-state index in [1.165, 1.54) is 0 Å². The van der Waals surface area contributed by atoms with Gasteiger partial charge in [-0.1, -0.05) is 18.2 Å². The number of rotatable bonds is 7. The lowest BCUT2D eigenvalue weighted by Gasteiger charge is -2.24. The Morgan fingerprint density at radius 3 is 2.67 bits per heavy atom. The Kier molecular flexibility index (Phi) is 5.06. The van der Waals surface area contributed by atoms with Gasteiger partial charge in [-0.15, -0.1) is 0 Å².